The highest BCUT2D eigenvalue weighted by molar-refractivity contribution is 5.11. The summed E-state index contributed by atoms with van der Waals surface area (Å²) in [6, 6.07) is 2.36. The minimum absolute atomic E-state index is 0.355. The molecule has 1 aromatic rings. The van der Waals surface area contributed by atoms with Crippen LogP contribution in [0.1, 0.15) is 31.4 Å². The fourth-order valence-corrected chi connectivity index (χ4v) is 1.41. The van der Waals surface area contributed by atoms with E-state index in [1.54, 1.807) is 19.6 Å². The van der Waals surface area contributed by atoms with E-state index in [1.165, 1.54) is 5.56 Å². The predicted octanol–water partition coefficient (Wildman–Crippen LogP) is 2.36. The Balaban J connectivity index is 2.44. The highest BCUT2D eigenvalue weighted by Gasteiger charge is 2.10. The molecule has 14 heavy (non-hydrogen) atoms. The van der Waals surface area contributed by atoms with Crippen LogP contribution >= 0.6 is 0 Å². The van der Waals surface area contributed by atoms with Gasteiger partial charge in [0.1, 0.15) is 0 Å². The number of nitrogens with one attached hydrogen (secondary N) is 1. The SMILES string of the molecule is CCCNC(CCOC)c1ccoc1. The van der Waals surface area contributed by atoms with Crippen molar-refractivity contribution in [2.24, 2.45) is 0 Å². The third-order valence-electron chi connectivity index (χ3n) is 2.20. The molecule has 0 aliphatic carbocycles. The maximum Gasteiger partial charge on any atom is 0.0950 e. The summed E-state index contributed by atoms with van der Waals surface area (Å²) in [7, 11) is 1.73. The number of ether oxygens (including phenoxy) is 1. The lowest BCUT2D eigenvalue weighted by Gasteiger charge is -2.16. The van der Waals surface area contributed by atoms with E-state index in [0.717, 1.165) is 26.0 Å². The molecule has 80 valence electrons. The molecule has 0 saturated heterocycles. The number of hydrogen-bond acceptors (Lipinski definition) is 3. The number of furan rings is 1. The molecule has 0 fully saturated rings. The van der Waals surface area contributed by atoms with Crippen LogP contribution in [0.4, 0.5) is 0 Å². The first-order chi connectivity index (χ1) is 6.88. The van der Waals surface area contributed by atoms with Gasteiger partial charge in [-0.15, -0.1) is 0 Å². The zero-order valence-electron chi connectivity index (χ0n) is 8.95. The second kappa shape index (κ2) is 6.62. The van der Waals surface area contributed by atoms with Gasteiger partial charge in [-0.3, -0.25) is 0 Å². The molecule has 0 amide bonds. The lowest BCUT2D eigenvalue weighted by molar-refractivity contribution is 0.183. The largest absolute Gasteiger partial charge is 0.472 e. The van der Waals surface area contributed by atoms with Crippen LogP contribution in [-0.4, -0.2) is 20.3 Å². The Morgan fingerprint density at radius 1 is 1.57 bits per heavy atom. The second-order valence-electron chi connectivity index (χ2n) is 3.34. The third kappa shape index (κ3) is 3.52. The quantitative estimate of drug-likeness (QED) is 0.728. The van der Waals surface area contributed by atoms with Gasteiger partial charge in [0, 0.05) is 25.3 Å². The Morgan fingerprint density at radius 3 is 3.00 bits per heavy atom. The van der Waals surface area contributed by atoms with Gasteiger partial charge in [-0.2, -0.15) is 0 Å². The van der Waals surface area contributed by atoms with E-state index >= 15 is 0 Å². The van der Waals surface area contributed by atoms with Crippen molar-refractivity contribution in [2.45, 2.75) is 25.8 Å². The first-order valence-corrected chi connectivity index (χ1v) is 5.13. The highest BCUT2D eigenvalue weighted by Crippen LogP contribution is 2.16. The van der Waals surface area contributed by atoms with Gasteiger partial charge < -0.3 is 14.5 Å². The van der Waals surface area contributed by atoms with Crippen molar-refractivity contribution in [3.63, 3.8) is 0 Å². The van der Waals surface area contributed by atoms with Crippen molar-refractivity contribution < 1.29 is 9.15 Å². The second-order valence-corrected chi connectivity index (χ2v) is 3.34. The molecule has 1 unspecified atom stereocenters. The van der Waals surface area contributed by atoms with Crippen molar-refractivity contribution in [3.05, 3.63) is 24.2 Å². The van der Waals surface area contributed by atoms with Gasteiger partial charge in [0.2, 0.25) is 0 Å². The van der Waals surface area contributed by atoms with Crippen LogP contribution in [0, 0.1) is 0 Å². The van der Waals surface area contributed by atoms with Crippen molar-refractivity contribution in [3.8, 4) is 0 Å². The Labute approximate surface area is 85.4 Å². The zero-order valence-corrected chi connectivity index (χ0v) is 8.95. The van der Waals surface area contributed by atoms with Crippen LogP contribution < -0.4 is 5.32 Å². The average Bonchev–Trinajstić information content (AvgIpc) is 2.71. The molecule has 0 spiro atoms. The van der Waals surface area contributed by atoms with Gasteiger partial charge in [-0.1, -0.05) is 6.92 Å². The lowest BCUT2D eigenvalue weighted by Crippen LogP contribution is -2.22. The number of rotatable bonds is 7. The summed E-state index contributed by atoms with van der Waals surface area (Å²) in [6.45, 7) is 3.96. The monoisotopic (exact) mass is 197 g/mol. The van der Waals surface area contributed by atoms with E-state index in [1.807, 2.05) is 6.07 Å². The molecule has 1 atom stereocenters. The number of methoxy groups -OCH3 is 1. The predicted molar refractivity (Wildman–Crippen MR) is 56.2 cm³/mol. The third-order valence-corrected chi connectivity index (χ3v) is 2.20. The lowest BCUT2D eigenvalue weighted by atomic mass is 10.1. The first-order valence-electron chi connectivity index (χ1n) is 5.13. The Bertz CT molecular complexity index is 213. The van der Waals surface area contributed by atoms with E-state index in [4.69, 9.17) is 9.15 Å². The summed E-state index contributed by atoms with van der Waals surface area (Å²) < 4.78 is 10.2. The molecular weight excluding hydrogens is 178 g/mol. The Hall–Kier alpha value is -0.800. The fraction of sp³-hybridized carbons (Fsp3) is 0.636. The normalized spacial score (nSPS) is 13.0. The van der Waals surface area contributed by atoms with Gasteiger partial charge in [0.05, 0.1) is 12.5 Å². The minimum atomic E-state index is 0.355. The standard InChI is InChI=1S/C11H19NO2/c1-3-6-12-11(5-7-13-2)10-4-8-14-9-10/h4,8-9,11-12H,3,5-7H2,1-2H3. The summed E-state index contributed by atoms with van der Waals surface area (Å²) in [4.78, 5) is 0. The van der Waals surface area contributed by atoms with Crippen LogP contribution in [-0.2, 0) is 4.74 Å². The van der Waals surface area contributed by atoms with E-state index in [2.05, 4.69) is 12.2 Å². The minimum Gasteiger partial charge on any atom is -0.472 e. The molecule has 1 rings (SSSR count). The molecule has 1 N–H and O–H groups in total. The molecule has 1 aromatic heterocycles. The highest BCUT2D eigenvalue weighted by atomic mass is 16.5. The van der Waals surface area contributed by atoms with E-state index in [9.17, 15) is 0 Å². The smallest absolute Gasteiger partial charge is 0.0950 e. The van der Waals surface area contributed by atoms with E-state index in [0.29, 0.717) is 6.04 Å². The van der Waals surface area contributed by atoms with Crippen LogP contribution in [0.5, 0.6) is 0 Å². The summed E-state index contributed by atoms with van der Waals surface area (Å²) in [5, 5.41) is 3.47. The molecule has 3 heteroatoms. The number of hydrogen-bond donors (Lipinski definition) is 1. The topological polar surface area (TPSA) is 34.4 Å². The van der Waals surface area contributed by atoms with Gasteiger partial charge >= 0.3 is 0 Å². The molecule has 0 saturated carbocycles. The van der Waals surface area contributed by atoms with Crippen molar-refractivity contribution >= 4 is 0 Å². The van der Waals surface area contributed by atoms with Gasteiger partial charge in [-0.25, -0.2) is 0 Å². The summed E-state index contributed by atoms with van der Waals surface area (Å²) in [5.74, 6) is 0. The van der Waals surface area contributed by atoms with Crippen LogP contribution in [0.2, 0.25) is 0 Å². The zero-order chi connectivity index (χ0) is 10.2. The van der Waals surface area contributed by atoms with E-state index < -0.39 is 0 Å². The van der Waals surface area contributed by atoms with Gasteiger partial charge in [0.15, 0.2) is 0 Å². The first kappa shape index (κ1) is 11.3. The molecule has 1 heterocycles. The molecule has 0 aromatic carbocycles. The van der Waals surface area contributed by atoms with Crippen LogP contribution in [0.25, 0.3) is 0 Å². The van der Waals surface area contributed by atoms with Crippen LogP contribution in [0.15, 0.2) is 23.0 Å². The maximum atomic E-state index is 5.08. The molecule has 0 radical (unpaired) electrons. The van der Waals surface area contributed by atoms with Crippen molar-refractivity contribution in [1.29, 1.82) is 0 Å². The summed E-state index contributed by atoms with van der Waals surface area (Å²) >= 11 is 0. The van der Waals surface area contributed by atoms with Crippen molar-refractivity contribution in [2.75, 3.05) is 20.3 Å². The van der Waals surface area contributed by atoms with Crippen LogP contribution in [0.3, 0.4) is 0 Å². The van der Waals surface area contributed by atoms with Crippen molar-refractivity contribution in [1.82, 2.24) is 5.32 Å². The fourth-order valence-electron chi connectivity index (χ4n) is 1.41. The maximum absolute atomic E-state index is 5.08. The molecular formula is C11H19NO2. The Kier molecular flexibility index (Phi) is 5.33. The Morgan fingerprint density at radius 2 is 2.43 bits per heavy atom. The molecule has 0 aliphatic heterocycles. The van der Waals surface area contributed by atoms with Gasteiger partial charge in [-0.05, 0) is 25.5 Å². The van der Waals surface area contributed by atoms with Gasteiger partial charge in [0.25, 0.3) is 0 Å². The average molecular weight is 197 g/mol. The molecule has 0 bridgehead atoms. The molecule has 3 nitrogen and oxygen atoms in total. The summed E-state index contributed by atoms with van der Waals surface area (Å²) in [5.41, 5.74) is 1.20. The van der Waals surface area contributed by atoms with E-state index in [-0.39, 0.29) is 0 Å². The molecule has 0 aliphatic rings. The summed E-state index contributed by atoms with van der Waals surface area (Å²) in [6.07, 6.45) is 5.63.